The molecule has 0 radical (unpaired) electrons. The first-order valence-electron chi connectivity index (χ1n) is 4.97. The maximum atomic E-state index is 13.7. The molecule has 0 bridgehead atoms. The number of nitrogens with two attached hydrogens (primary N) is 1. The van der Waals surface area contributed by atoms with E-state index in [0.717, 1.165) is 4.57 Å². The van der Waals surface area contributed by atoms with Crippen molar-refractivity contribution in [3.8, 4) is 0 Å². The Morgan fingerprint density at radius 2 is 2.35 bits per heavy atom. The van der Waals surface area contributed by atoms with Crippen LogP contribution in [0.15, 0.2) is 17.1 Å². The van der Waals surface area contributed by atoms with Gasteiger partial charge in [0.15, 0.2) is 12.4 Å². The lowest BCUT2D eigenvalue weighted by Crippen LogP contribution is -2.33. The summed E-state index contributed by atoms with van der Waals surface area (Å²) in [5, 5.41) is 18.3. The summed E-state index contributed by atoms with van der Waals surface area (Å²) in [5.41, 5.74) is 4.52. The molecule has 1 aromatic rings. The van der Waals surface area contributed by atoms with Crippen molar-refractivity contribution >= 4 is 5.82 Å². The number of hydrogen-bond donors (Lipinski definition) is 3. The molecule has 1 aliphatic heterocycles. The smallest absolute Gasteiger partial charge is 0.351 e. The summed E-state index contributed by atoms with van der Waals surface area (Å²) >= 11 is 0. The highest BCUT2D eigenvalue weighted by Crippen LogP contribution is 2.30. The van der Waals surface area contributed by atoms with Crippen LogP contribution in [0.5, 0.6) is 0 Å². The van der Waals surface area contributed by atoms with Crippen LogP contribution in [-0.2, 0) is 4.74 Å². The molecule has 0 saturated carbocycles. The van der Waals surface area contributed by atoms with E-state index in [9.17, 15) is 14.3 Å². The van der Waals surface area contributed by atoms with Crippen molar-refractivity contribution in [2.45, 2.75) is 24.6 Å². The van der Waals surface area contributed by atoms with Crippen LogP contribution in [0.2, 0.25) is 0 Å². The molecule has 0 amide bonds. The Morgan fingerprint density at radius 1 is 1.65 bits per heavy atom. The van der Waals surface area contributed by atoms with Crippen LogP contribution in [0.4, 0.5) is 10.2 Å². The van der Waals surface area contributed by atoms with E-state index in [1.165, 1.54) is 12.3 Å². The molecule has 4 N–H and O–H groups in total. The highest BCUT2D eigenvalue weighted by atomic mass is 19.1. The van der Waals surface area contributed by atoms with Gasteiger partial charge in [-0.15, -0.1) is 0 Å². The van der Waals surface area contributed by atoms with Gasteiger partial charge in [0.25, 0.3) is 0 Å². The van der Waals surface area contributed by atoms with Gasteiger partial charge >= 0.3 is 5.69 Å². The largest absolute Gasteiger partial charge is 0.394 e. The number of rotatable bonds is 2. The summed E-state index contributed by atoms with van der Waals surface area (Å²) in [6, 6.07) is 1.32. The summed E-state index contributed by atoms with van der Waals surface area (Å²) < 4.78 is 19.6. The number of aliphatic hydroxyl groups is 2. The number of hydrogen-bond acceptors (Lipinski definition) is 6. The zero-order chi connectivity index (χ0) is 12.6. The number of ether oxygens (including phenoxy) is 1. The molecule has 0 spiro atoms. The molecule has 0 aromatic carbocycles. The molecule has 7 nitrogen and oxygen atoms in total. The minimum atomic E-state index is -1.81. The second kappa shape index (κ2) is 4.40. The number of halogens is 1. The summed E-state index contributed by atoms with van der Waals surface area (Å²) in [6.07, 6.45) is -4.42. The van der Waals surface area contributed by atoms with Crippen molar-refractivity contribution in [1.29, 1.82) is 0 Å². The van der Waals surface area contributed by atoms with Crippen molar-refractivity contribution < 1.29 is 19.3 Å². The summed E-state index contributed by atoms with van der Waals surface area (Å²) in [5.74, 6) is 0.0129. The Labute approximate surface area is 95.3 Å². The molecule has 17 heavy (non-hydrogen) atoms. The van der Waals surface area contributed by atoms with Gasteiger partial charge < -0.3 is 20.7 Å². The molecule has 2 rings (SSSR count). The van der Waals surface area contributed by atoms with E-state index in [1.807, 2.05) is 0 Å². The fourth-order valence-electron chi connectivity index (χ4n) is 1.70. The molecule has 1 aromatic heterocycles. The normalized spacial score (nSPS) is 32.9. The predicted molar refractivity (Wildman–Crippen MR) is 54.8 cm³/mol. The molecule has 1 saturated heterocycles. The van der Waals surface area contributed by atoms with Crippen molar-refractivity contribution in [2.24, 2.45) is 0 Å². The Balaban J connectivity index is 2.32. The van der Waals surface area contributed by atoms with Gasteiger partial charge in [0.2, 0.25) is 0 Å². The van der Waals surface area contributed by atoms with E-state index < -0.39 is 36.9 Å². The van der Waals surface area contributed by atoms with E-state index in [0.29, 0.717) is 0 Å². The second-order valence-corrected chi connectivity index (χ2v) is 3.72. The van der Waals surface area contributed by atoms with Crippen molar-refractivity contribution in [2.75, 3.05) is 12.3 Å². The number of aromatic nitrogens is 2. The summed E-state index contributed by atoms with van der Waals surface area (Å²) in [6.45, 7) is -0.533. The van der Waals surface area contributed by atoms with Gasteiger partial charge in [-0.3, -0.25) is 4.57 Å². The van der Waals surface area contributed by atoms with Crippen LogP contribution in [0, 0.1) is 0 Å². The van der Waals surface area contributed by atoms with Crippen LogP contribution in [0.25, 0.3) is 0 Å². The lowest BCUT2D eigenvalue weighted by atomic mass is 10.1. The fraction of sp³-hybridized carbons (Fsp3) is 0.556. The van der Waals surface area contributed by atoms with Gasteiger partial charge in [0.05, 0.1) is 6.61 Å². The topological polar surface area (TPSA) is 111 Å². The van der Waals surface area contributed by atoms with Gasteiger partial charge in [-0.1, -0.05) is 0 Å². The Hall–Kier alpha value is -1.51. The number of nitrogens with zero attached hydrogens (tertiary/aromatic N) is 2. The first-order chi connectivity index (χ1) is 8.04. The van der Waals surface area contributed by atoms with Crippen LogP contribution < -0.4 is 11.4 Å². The van der Waals surface area contributed by atoms with Crippen LogP contribution in [0.1, 0.15) is 6.23 Å². The predicted octanol–water partition coefficient (Wildman–Crippen LogP) is -1.59. The average molecular weight is 245 g/mol. The molecule has 8 heteroatoms. The highest BCUT2D eigenvalue weighted by molar-refractivity contribution is 5.23. The molecule has 0 unspecified atom stereocenters. The first kappa shape index (κ1) is 12.0. The van der Waals surface area contributed by atoms with Gasteiger partial charge in [0.1, 0.15) is 18.0 Å². The van der Waals surface area contributed by atoms with E-state index in [-0.39, 0.29) is 5.82 Å². The van der Waals surface area contributed by atoms with E-state index in [1.54, 1.807) is 0 Å². The molecule has 2 heterocycles. The Kier molecular flexibility index (Phi) is 3.09. The van der Waals surface area contributed by atoms with Crippen LogP contribution in [-0.4, -0.2) is 44.8 Å². The lowest BCUT2D eigenvalue weighted by molar-refractivity contribution is -0.0490. The van der Waals surface area contributed by atoms with Crippen LogP contribution >= 0.6 is 0 Å². The highest BCUT2D eigenvalue weighted by Gasteiger charge is 2.45. The molecule has 1 fully saturated rings. The van der Waals surface area contributed by atoms with E-state index >= 15 is 0 Å². The quantitative estimate of drug-likeness (QED) is 0.579. The molecule has 4 atom stereocenters. The van der Waals surface area contributed by atoms with Gasteiger partial charge in [-0.05, 0) is 6.07 Å². The minimum Gasteiger partial charge on any atom is -0.394 e. The Bertz CT molecular complexity index is 466. The number of nitrogen functional groups attached to an aromatic ring is 1. The lowest BCUT2D eigenvalue weighted by Gasteiger charge is -2.15. The maximum Gasteiger partial charge on any atom is 0.351 e. The summed E-state index contributed by atoms with van der Waals surface area (Å²) in [4.78, 5) is 14.9. The Morgan fingerprint density at radius 3 is 2.88 bits per heavy atom. The van der Waals surface area contributed by atoms with Crippen molar-refractivity contribution in [3.63, 3.8) is 0 Å². The van der Waals surface area contributed by atoms with Gasteiger partial charge in [0, 0.05) is 6.20 Å². The maximum absolute atomic E-state index is 13.7. The molecular formula is C9H12FN3O4. The number of alkyl halides is 1. The fourth-order valence-corrected chi connectivity index (χ4v) is 1.70. The van der Waals surface area contributed by atoms with Crippen LogP contribution in [0.3, 0.4) is 0 Å². The number of aliphatic hydroxyl groups excluding tert-OH is 2. The average Bonchev–Trinajstić information content (AvgIpc) is 2.57. The van der Waals surface area contributed by atoms with Crippen molar-refractivity contribution in [1.82, 2.24) is 9.55 Å². The van der Waals surface area contributed by atoms with E-state index in [4.69, 9.17) is 15.6 Å². The van der Waals surface area contributed by atoms with Gasteiger partial charge in [-0.25, -0.2) is 9.18 Å². The zero-order valence-corrected chi connectivity index (χ0v) is 8.73. The van der Waals surface area contributed by atoms with Crippen molar-refractivity contribution in [3.05, 3.63) is 22.7 Å². The second-order valence-electron chi connectivity index (χ2n) is 3.72. The molecular weight excluding hydrogens is 233 g/mol. The molecule has 1 aliphatic rings. The minimum absolute atomic E-state index is 0.0129. The zero-order valence-electron chi connectivity index (χ0n) is 8.73. The SMILES string of the molecule is Nc1ccn([C@H]2O[C@@H](CO)[C@H](O)[C@H]2F)c(=O)n1. The summed E-state index contributed by atoms with van der Waals surface area (Å²) in [7, 11) is 0. The third-order valence-corrected chi connectivity index (χ3v) is 2.60. The molecule has 0 aliphatic carbocycles. The first-order valence-corrected chi connectivity index (χ1v) is 4.97. The molecule has 94 valence electrons. The monoisotopic (exact) mass is 245 g/mol. The van der Waals surface area contributed by atoms with E-state index in [2.05, 4.69) is 4.98 Å². The number of anilines is 1. The standard InChI is InChI=1S/C9H12FN3O4/c10-6-7(15)4(3-14)17-8(6)13-2-1-5(11)12-9(13)16/h1-2,4,6-8,14-15H,3H2,(H2,11,12,16)/t4-,6+,7-,8-/m0/s1. The van der Waals surface area contributed by atoms with Gasteiger partial charge in [-0.2, -0.15) is 4.98 Å². The third kappa shape index (κ3) is 2.02. The third-order valence-electron chi connectivity index (χ3n) is 2.60.